The molecule has 0 saturated carbocycles. The minimum atomic E-state index is 0. The van der Waals surface area contributed by atoms with Crippen molar-refractivity contribution in [3.05, 3.63) is 76.3 Å². The minimum Gasteiger partial charge on any atom is -0.226 e. The number of benzene rings is 2. The average Bonchev–Trinajstić information content (AvgIpc) is 2.85. The Hall–Kier alpha value is -2.84. The van der Waals surface area contributed by atoms with E-state index in [1.54, 1.807) is 0 Å². The maximum absolute atomic E-state index is 9.19. The molecule has 1 aliphatic rings. The molecule has 2 heteroatoms. The van der Waals surface area contributed by atoms with Crippen LogP contribution in [0.4, 0.5) is 0 Å². The van der Waals surface area contributed by atoms with E-state index < -0.39 is 0 Å². The zero-order valence-corrected chi connectivity index (χ0v) is 12.4. The van der Waals surface area contributed by atoms with Crippen LogP contribution in [0.5, 0.6) is 0 Å². The number of aryl methyl sites for hydroxylation is 1. The van der Waals surface area contributed by atoms with Gasteiger partial charge in [-0.2, -0.15) is 0 Å². The second kappa shape index (κ2) is 8.57. The number of hydrogen-bond donors (Lipinski definition) is 0. The molecule has 0 heterocycles. The van der Waals surface area contributed by atoms with Gasteiger partial charge >= 0.3 is 0 Å². The Labute approximate surface area is 140 Å². The van der Waals surface area contributed by atoms with Crippen molar-refractivity contribution in [1.29, 1.82) is 5.26 Å². The minimum absolute atomic E-state index is 0. The van der Waals surface area contributed by atoms with Gasteiger partial charge in [-0.15, -0.1) is 0 Å². The maximum Gasteiger partial charge on any atom is 0.270 e. The molecule has 2 nitrogen and oxygen atoms in total. The standard InChI is InChI=1S/C17H10N2.C2H6.2CH4/c1-11-7-8-13-12-5-3-4-6-14(12)17(15(13)9-11)16(10-18)19-2;1-2;;/h3-9H,1H3;1-2H3;2*1H4/b17-16+;;;. The number of nitriles is 1. The Balaban J connectivity index is 0.00000117. The Morgan fingerprint density at radius 1 is 0.957 bits per heavy atom. The highest BCUT2D eigenvalue weighted by Gasteiger charge is 2.25. The van der Waals surface area contributed by atoms with Gasteiger partial charge in [0.1, 0.15) is 0 Å². The Morgan fingerprint density at radius 3 is 2.09 bits per heavy atom. The molecule has 23 heavy (non-hydrogen) atoms. The first kappa shape index (κ1) is 20.2. The highest BCUT2D eigenvalue weighted by atomic mass is 14.7. The van der Waals surface area contributed by atoms with Crippen LogP contribution < -0.4 is 0 Å². The van der Waals surface area contributed by atoms with Gasteiger partial charge in [-0.3, -0.25) is 0 Å². The number of hydrogen-bond acceptors (Lipinski definition) is 1. The molecule has 0 saturated heterocycles. The summed E-state index contributed by atoms with van der Waals surface area (Å²) in [5.41, 5.74) is 6.25. The highest BCUT2D eigenvalue weighted by molar-refractivity contribution is 6.03. The Morgan fingerprint density at radius 2 is 1.52 bits per heavy atom. The van der Waals surface area contributed by atoms with Gasteiger partial charge in [0.2, 0.25) is 0 Å². The first-order valence-corrected chi connectivity index (χ1v) is 6.99. The van der Waals surface area contributed by atoms with E-state index in [4.69, 9.17) is 6.57 Å². The van der Waals surface area contributed by atoms with Crippen molar-refractivity contribution >= 4 is 5.57 Å². The topological polar surface area (TPSA) is 28.1 Å². The summed E-state index contributed by atoms with van der Waals surface area (Å²) in [6, 6.07) is 16.1. The second-order valence-electron chi connectivity index (χ2n) is 4.54. The Bertz CT molecular complexity index is 783. The quantitative estimate of drug-likeness (QED) is 0.345. The predicted molar refractivity (Wildman–Crippen MR) is 99.7 cm³/mol. The number of rotatable bonds is 0. The molecular weight excluding hydrogens is 280 g/mol. The predicted octanol–water partition coefficient (Wildman–Crippen LogP) is 6.48. The molecule has 1 aliphatic carbocycles. The third-order valence-electron chi connectivity index (χ3n) is 3.39. The van der Waals surface area contributed by atoms with Gasteiger partial charge in [0.15, 0.2) is 0 Å². The number of nitrogens with zero attached hydrogens (tertiary/aromatic N) is 2. The SMILES string of the molecule is C.C.CC.[C-]#[N+]/C(C#N)=C1\c2ccccc2-c2ccc(C)cc21. The molecule has 0 aromatic heterocycles. The summed E-state index contributed by atoms with van der Waals surface area (Å²) in [6.45, 7) is 13.2. The van der Waals surface area contributed by atoms with Gasteiger partial charge in [-0.25, -0.2) is 10.1 Å². The molecule has 2 aromatic rings. The van der Waals surface area contributed by atoms with Gasteiger partial charge < -0.3 is 0 Å². The first-order chi connectivity index (χ1) is 10.3. The van der Waals surface area contributed by atoms with Gasteiger partial charge in [0.25, 0.3) is 5.70 Å². The molecule has 0 radical (unpaired) electrons. The Kier molecular flexibility index (Phi) is 7.51. The lowest BCUT2D eigenvalue weighted by atomic mass is 10.0. The maximum atomic E-state index is 9.19. The fraction of sp³-hybridized carbons (Fsp3) is 0.238. The fourth-order valence-electron chi connectivity index (χ4n) is 2.57. The molecular formula is C21H24N2. The van der Waals surface area contributed by atoms with Crippen molar-refractivity contribution in [2.75, 3.05) is 0 Å². The molecule has 0 amide bonds. The van der Waals surface area contributed by atoms with Crippen molar-refractivity contribution in [3.8, 4) is 17.2 Å². The molecule has 3 rings (SSSR count). The molecule has 118 valence electrons. The molecule has 0 unspecified atom stereocenters. The summed E-state index contributed by atoms with van der Waals surface area (Å²) >= 11 is 0. The summed E-state index contributed by atoms with van der Waals surface area (Å²) in [5, 5.41) is 9.19. The molecule has 0 N–H and O–H groups in total. The van der Waals surface area contributed by atoms with Crippen LogP contribution >= 0.6 is 0 Å². The number of fused-ring (bicyclic) bond motifs is 3. The van der Waals surface area contributed by atoms with E-state index in [0.717, 1.165) is 33.4 Å². The van der Waals surface area contributed by atoms with Crippen LogP contribution in [0.3, 0.4) is 0 Å². The summed E-state index contributed by atoms with van der Waals surface area (Å²) in [6.07, 6.45) is 0. The summed E-state index contributed by atoms with van der Waals surface area (Å²) in [4.78, 5) is 3.38. The lowest BCUT2D eigenvalue weighted by Gasteiger charge is -2.03. The first-order valence-electron chi connectivity index (χ1n) is 6.99. The lowest BCUT2D eigenvalue weighted by Crippen LogP contribution is -1.86. The van der Waals surface area contributed by atoms with E-state index in [1.165, 1.54) is 0 Å². The fourth-order valence-corrected chi connectivity index (χ4v) is 2.57. The third-order valence-corrected chi connectivity index (χ3v) is 3.39. The summed E-state index contributed by atoms with van der Waals surface area (Å²) < 4.78 is 0. The van der Waals surface area contributed by atoms with Gasteiger partial charge in [-0.1, -0.05) is 76.7 Å². The zero-order valence-electron chi connectivity index (χ0n) is 12.4. The van der Waals surface area contributed by atoms with Crippen LogP contribution in [0.25, 0.3) is 21.5 Å². The van der Waals surface area contributed by atoms with Crippen LogP contribution in [-0.4, -0.2) is 0 Å². The smallest absolute Gasteiger partial charge is 0.226 e. The van der Waals surface area contributed by atoms with Crippen LogP contribution in [-0.2, 0) is 0 Å². The largest absolute Gasteiger partial charge is 0.270 e. The van der Waals surface area contributed by atoms with Crippen molar-refractivity contribution in [2.24, 2.45) is 0 Å². The number of allylic oxidation sites excluding steroid dienone is 1. The molecule has 0 fully saturated rings. The van der Waals surface area contributed by atoms with Gasteiger partial charge in [-0.05, 0) is 29.2 Å². The van der Waals surface area contributed by atoms with Crippen LogP contribution in [0, 0.1) is 24.8 Å². The molecule has 0 aliphatic heterocycles. The third kappa shape index (κ3) is 3.33. The van der Waals surface area contributed by atoms with Crippen LogP contribution in [0.2, 0.25) is 0 Å². The van der Waals surface area contributed by atoms with E-state index in [0.29, 0.717) is 0 Å². The summed E-state index contributed by atoms with van der Waals surface area (Å²) in [5.74, 6) is 0. The van der Waals surface area contributed by atoms with E-state index in [2.05, 4.69) is 17.0 Å². The van der Waals surface area contributed by atoms with E-state index in [-0.39, 0.29) is 20.6 Å². The van der Waals surface area contributed by atoms with Crippen molar-refractivity contribution in [1.82, 2.24) is 0 Å². The van der Waals surface area contributed by atoms with E-state index >= 15 is 0 Å². The molecule has 0 atom stereocenters. The highest BCUT2D eigenvalue weighted by Crippen LogP contribution is 2.45. The zero-order chi connectivity index (χ0) is 15.4. The molecule has 2 aromatic carbocycles. The normalized spacial score (nSPS) is 11.9. The van der Waals surface area contributed by atoms with Crippen LogP contribution in [0.15, 0.2) is 48.2 Å². The molecule has 0 bridgehead atoms. The van der Waals surface area contributed by atoms with Crippen LogP contribution in [0.1, 0.15) is 45.4 Å². The van der Waals surface area contributed by atoms with E-state index in [9.17, 15) is 5.26 Å². The molecule has 0 spiro atoms. The van der Waals surface area contributed by atoms with E-state index in [1.807, 2.05) is 57.2 Å². The van der Waals surface area contributed by atoms with Crippen molar-refractivity contribution in [3.63, 3.8) is 0 Å². The lowest BCUT2D eigenvalue weighted by molar-refractivity contribution is 1.45. The van der Waals surface area contributed by atoms with Crippen molar-refractivity contribution in [2.45, 2.75) is 35.6 Å². The average molecular weight is 304 g/mol. The van der Waals surface area contributed by atoms with Gasteiger partial charge in [0, 0.05) is 5.57 Å². The summed E-state index contributed by atoms with van der Waals surface area (Å²) in [7, 11) is 0. The van der Waals surface area contributed by atoms with Gasteiger partial charge in [0.05, 0.1) is 12.6 Å². The van der Waals surface area contributed by atoms with Crippen molar-refractivity contribution < 1.29 is 0 Å². The second-order valence-corrected chi connectivity index (χ2v) is 4.54. The monoisotopic (exact) mass is 304 g/mol.